The zero-order chi connectivity index (χ0) is 26.2. The summed E-state index contributed by atoms with van der Waals surface area (Å²) in [5, 5.41) is 3.05. The quantitative estimate of drug-likeness (QED) is 0.318. The zero-order valence-electron chi connectivity index (χ0n) is 20.9. The van der Waals surface area contributed by atoms with Crippen molar-refractivity contribution in [3.05, 3.63) is 77.5 Å². The fourth-order valence-electron chi connectivity index (χ4n) is 5.35. The second kappa shape index (κ2) is 10.3. The summed E-state index contributed by atoms with van der Waals surface area (Å²) in [4.78, 5) is 16.4. The van der Waals surface area contributed by atoms with E-state index in [2.05, 4.69) is 34.6 Å². The molecule has 3 aromatic carbocycles. The molecule has 2 aliphatic rings. The van der Waals surface area contributed by atoms with Gasteiger partial charge in [-0.3, -0.25) is 14.2 Å². The molecule has 0 saturated carbocycles. The van der Waals surface area contributed by atoms with Gasteiger partial charge in [-0.2, -0.15) is 8.42 Å². The first-order chi connectivity index (χ1) is 17.7. The summed E-state index contributed by atoms with van der Waals surface area (Å²) in [5.41, 5.74) is 3.60. The number of ether oxygens (including phenoxy) is 2. The van der Waals surface area contributed by atoms with E-state index in [1.54, 1.807) is 0 Å². The fraction of sp³-hybridized carbons (Fsp3) is 0.321. The van der Waals surface area contributed by atoms with Gasteiger partial charge < -0.3 is 14.0 Å². The third-order valence-electron chi connectivity index (χ3n) is 6.86. The van der Waals surface area contributed by atoms with Crippen molar-refractivity contribution in [2.45, 2.75) is 13.0 Å². The Labute approximate surface area is 216 Å². The van der Waals surface area contributed by atoms with Crippen LogP contribution in [-0.4, -0.2) is 73.9 Å². The average Bonchev–Trinajstić information content (AvgIpc) is 3.18. The van der Waals surface area contributed by atoms with Gasteiger partial charge in [-0.15, -0.1) is 0 Å². The van der Waals surface area contributed by atoms with Crippen LogP contribution in [0.3, 0.4) is 0 Å². The van der Waals surface area contributed by atoms with Crippen molar-refractivity contribution in [1.82, 2.24) is 9.47 Å². The van der Waals surface area contributed by atoms with Gasteiger partial charge >= 0.3 is 0 Å². The van der Waals surface area contributed by atoms with Crippen molar-refractivity contribution >= 4 is 37.6 Å². The molecular formula is C28H30N2O6S. The molecule has 0 radical (unpaired) electrons. The lowest BCUT2D eigenvalue weighted by atomic mass is 9.95. The number of carbonyl (C=O) groups is 1. The Kier molecular flexibility index (Phi) is 7.04. The van der Waals surface area contributed by atoms with Gasteiger partial charge in [0.15, 0.2) is 5.78 Å². The highest BCUT2D eigenvalue weighted by atomic mass is 32.2. The molecule has 194 valence electrons. The molecular weight excluding hydrogens is 492 g/mol. The Morgan fingerprint density at radius 3 is 2.41 bits per heavy atom. The highest BCUT2D eigenvalue weighted by Gasteiger charge is 2.31. The standard InChI is InChI=1S/C27H26N2O3.CH4O3S/c1-18-25(27(30)22-9-4-7-19-6-2-3-8-21(19)22)23-10-5-11-24-26(23)29(18)20(17-32-24)16-28-12-14-31-15-13-28;1-5(2,3)4/h2-11,20H,12-17H2,1H3;1H3,(H,2,3,4). The zero-order valence-corrected chi connectivity index (χ0v) is 21.7. The van der Waals surface area contributed by atoms with Crippen molar-refractivity contribution in [2.24, 2.45) is 0 Å². The maximum absolute atomic E-state index is 14.0. The van der Waals surface area contributed by atoms with Gasteiger partial charge in [0, 0.05) is 36.3 Å². The van der Waals surface area contributed by atoms with E-state index in [0.29, 0.717) is 12.9 Å². The molecule has 6 rings (SSSR count). The molecule has 1 N–H and O–H groups in total. The van der Waals surface area contributed by atoms with Gasteiger partial charge in [-0.1, -0.05) is 54.6 Å². The molecule has 1 fully saturated rings. The summed E-state index contributed by atoms with van der Waals surface area (Å²) >= 11 is 0. The Morgan fingerprint density at radius 2 is 1.65 bits per heavy atom. The number of carbonyl (C=O) groups excluding carboxylic acids is 1. The molecule has 9 heteroatoms. The van der Waals surface area contributed by atoms with Gasteiger partial charge in [0.1, 0.15) is 12.4 Å². The van der Waals surface area contributed by atoms with Gasteiger partial charge in [0.25, 0.3) is 10.1 Å². The molecule has 2 aliphatic heterocycles. The molecule has 1 aromatic heterocycles. The second-order valence-corrected chi connectivity index (χ2v) is 10.9. The number of morpholine rings is 1. The Bertz CT molecular complexity index is 1560. The lowest BCUT2D eigenvalue weighted by molar-refractivity contribution is 0.0272. The predicted octanol–water partition coefficient (Wildman–Crippen LogP) is 4.10. The van der Waals surface area contributed by atoms with Crippen molar-refractivity contribution in [1.29, 1.82) is 0 Å². The monoisotopic (exact) mass is 522 g/mol. The molecule has 8 nitrogen and oxygen atoms in total. The van der Waals surface area contributed by atoms with E-state index < -0.39 is 10.1 Å². The normalized spacial score (nSPS) is 17.8. The molecule has 4 aromatic rings. The van der Waals surface area contributed by atoms with Crippen LogP contribution in [-0.2, 0) is 14.9 Å². The van der Waals surface area contributed by atoms with E-state index in [9.17, 15) is 13.2 Å². The van der Waals surface area contributed by atoms with Crippen LogP contribution in [0, 0.1) is 6.92 Å². The van der Waals surface area contributed by atoms with Gasteiger partial charge in [-0.25, -0.2) is 0 Å². The van der Waals surface area contributed by atoms with Crippen LogP contribution in [0.2, 0.25) is 0 Å². The summed E-state index contributed by atoms with van der Waals surface area (Å²) in [5.74, 6) is 0.938. The average molecular weight is 523 g/mol. The van der Waals surface area contributed by atoms with Gasteiger partial charge in [-0.05, 0) is 23.8 Å². The predicted molar refractivity (Wildman–Crippen MR) is 143 cm³/mol. The number of nitrogens with zero attached hydrogens (tertiary/aromatic N) is 2. The lowest BCUT2D eigenvalue weighted by Gasteiger charge is -2.34. The van der Waals surface area contributed by atoms with Crippen molar-refractivity contribution in [3.63, 3.8) is 0 Å². The van der Waals surface area contributed by atoms with E-state index in [-0.39, 0.29) is 11.8 Å². The number of aromatic nitrogens is 1. The molecule has 0 bridgehead atoms. The van der Waals surface area contributed by atoms with E-state index in [1.807, 2.05) is 42.5 Å². The third-order valence-corrected chi connectivity index (χ3v) is 6.86. The number of hydrogen-bond acceptors (Lipinski definition) is 6. The lowest BCUT2D eigenvalue weighted by Crippen LogP contribution is -2.42. The first kappa shape index (κ1) is 25.4. The first-order valence-corrected chi connectivity index (χ1v) is 14.1. The number of rotatable bonds is 4. The summed E-state index contributed by atoms with van der Waals surface area (Å²) in [7, 11) is -3.67. The number of benzene rings is 3. The maximum atomic E-state index is 14.0. The number of ketones is 1. The van der Waals surface area contributed by atoms with E-state index in [0.717, 1.165) is 77.1 Å². The minimum Gasteiger partial charge on any atom is -0.489 e. The summed E-state index contributed by atoms with van der Waals surface area (Å²) in [6.07, 6.45) is 0.715. The van der Waals surface area contributed by atoms with Crippen molar-refractivity contribution in [3.8, 4) is 5.75 Å². The van der Waals surface area contributed by atoms with Crippen LogP contribution in [0.25, 0.3) is 21.7 Å². The Morgan fingerprint density at radius 1 is 1.00 bits per heavy atom. The molecule has 3 heterocycles. The molecule has 0 aliphatic carbocycles. The summed E-state index contributed by atoms with van der Waals surface area (Å²) in [6.45, 7) is 7.00. The highest BCUT2D eigenvalue weighted by molar-refractivity contribution is 7.85. The summed E-state index contributed by atoms with van der Waals surface area (Å²) < 4.78 is 39.9. The highest BCUT2D eigenvalue weighted by Crippen LogP contribution is 2.40. The maximum Gasteiger partial charge on any atom is 0.261 e. The number of fused-ring (bicyclic) bond motifs is 1. The van der Waals surface area contributed by atoms with Crippen LogP contribution in [0.15, 0.2) is 60.7 Å². The van der Waals surface area contributed by atoms with Crippen LogP contribution >= 0.6 is 0 Å². The van der Waals surface area contributed by atoms with Crippen LogP contribution < -0.4 is 4.74 Å². The van der Waals surface area contributed by atoms with Crippen molar-refractivity contribution < 1.29 is 27.2 Å². The minimum absolute atomic E-state index is 0.0761. The SMILES string of the molecule is CS(=O)(=O)O.Cc1c(C(=O)c2cccc3ccccc23)c2cccc3c2n1C(CN1CCOCC1)CO3. The molecule has 0 spiro atoms. The Balaban J connectivity index is 0.000000514. The van der Waals surface area contributed by atoms with E-state index >= 15 is 0 Å². The minimum atomic E-state index is -3.67. The molecule has 1 atom stereocenters. The smallest absolute Gasteiger partial charge is 0.261 e. The second-order valence-electron chi connectivity index (χ2n) is 9.45. The molecule has 0 amide bonds. The van der Waals surface area contributed by atoms with E-state index in [4.69, 9.17) is 14.0 Å². The fourth-order valence-corrected chi connectivity index (χ4v) is 5.35. The van der Waals surface area contributed by atoms with Crippen LogP contribution in [0.4, 0.5) is 0 Å². The van der Waals surface area contributed by atoms with Crippen LogP contribution in [0.1, 0.15) is 27.7 Å². The number of para-hydroxylation sites is 1. The largest absolute Gasteiger partial charge is 0.489 e. The summed E-state index contributed by atoms with van der Waals surface area (Å²) in [6, 6.07) is 20.3. The molecule has 1 unspecified atom stereocenters. The van der Waals surface area contributed by atoms with E-state index in [1.165, 1.54) is 0 Å². The van der Waals surface area contributed by atoms with Crippen molar-refractivity contribution in [2.75, 3.05) is 45.7 Å². The third kappa shape index (κ3) is 5.26. The van der Waals surface area contributed by atoms with Gasteiger partial charge in [0.2, 0.25) is 0 Å². The number of hydrogen-bond donors (Lipinski definition) is 1. The first-order valence-electron chi connectivity index (χ1n) is 12.2. The molecule has 37 heavy (non-hydrogen) atoms. The molecule has 1 saturated heterocycles. The van der Waals surface area contributed by atoms with Gasteiger partial charge in [0.05, 0.1) is 36.6 Å². The Hall–Kier alpha value is -3.24. The topological polar surface area (TPSA) is 98.1 Å². The van der Waals surface area contributed by atoms with Crippen LogP contribution in [0.5, 0.6) is 5.75 Å².